The highest BCUT2D eigenvalue weighted by atomic mass is 16.5. The first-order valence-electron chi connectivity index (χ1n) is 7.33. The van der Waals surface area contributed by atoms with Crippen LogP contribution in [-0.4, -0.2) is 48.1 Å². The van der Waals surface area contributed by atoms with Crippen LogP contribution in [0.3, 0.4) is 0 Å². The van der Waals surface area contributed by atoms with E-state index in [1.807, 2.05) is 13.8 Å². The number of nitrogens with zero attached hydrogens (tertiary/aromatic N) is 1. The normalized spacial score (nSPS) is 29.4. The number of nitrogens with one attached hydrogen (secondary N) is 1. The van der Waals surface area contributed by atoms with E-state index in [9.17, 15) is 9.59 Å². The van der Waals surface area contributed by atoms with E-state index in [-0.39, 0.29) is 30.0 Å². The lowest BCUT2D eigenvalue weighted by Gasteiger charge is -2.31. The number of rotatable bonds is 4. The molecule has 19 heavy (non-hydrogen) atoms. The largest absolute Gasteiger partial charge is 0.378 e. The van der Waals surface area contributed by atoms with Gasteiger partial charge in [0.15, 0.2) is 0 Å². The van der Waals surface area contributed by atoms with Gasteiger partial charge in [-0.3, -0.25) is 9.59 Å². The number of likely N-dealkylation sites (tertiary alicyclic amines) is 1. The van der Waals surface area contributed by atoms with Crippen LogP contribution < -0.4 is 5.32 Å². The Hall–Kier alpha value is -1.10. The zero-order valence-corrected chi connectivity index (χ0v) is 11.9. The zero-order chi connectivity index (χ0) is 13.8. The molecule has 0 unspecified atom stereocenters. The number of hydrogen-bond donors (Lipinski definition) is 1. The van der Waals surface area contributed by atoms with Crippen molar-refractivity contribution in [2.45, 2.75) is 64.1 Å². The lowest BCUT2D eigenvalue weighted by molar-refractivity contribution is -0.138. The predicted octanol–water partition coefficient (Wildman–Crippen LogP) is 1.07. The number of amides is 2. The zero-order valence-electron chi connectivity index (χ0n) is 11.9. The number of hydrogen-bond acceptors (Lipinski definition) is 3. The van der Waals surface area contributed by atoms with E-state index in [1.165, 1.54) is 0 Å². The highest BCUT2D eigenvalue weighted by Crippen LogP contribution is 2.18. The second-order valence-electron chi connectivity index (χ2n) is 5.53. The summed E-state index contributed by atoms with van der Waals surface area (Å²) in [7, 11) is 0. The maximum absolute atomic E-state index is 12.3. The third-order valence-electron chi connectivity index (χ3n) is 4.01. The fraction of sp³-hybridized carbons (Fsp3) is 0.857. The van der Waals surface area contributed by atoms with E-state index in [4.69, 9.17) is 4.74 Å². The Kier molecular flexibility index (Phi) is 4.80. The fourth-order valence-corrected chi connectivity index (χ4v) is 2.97. The van der Waals surface area contributed by atoms with Gasteiger partial charge in [0.1, 0.15) is 6.04 Å². The van der Waals surface area contributed by atoms with Gasteiger partial charge in [0.25, 0.3) is 0 Å². The summed E-state index contributed by atoms with van der Waals surface area (Å²) in [5.74, 6) is 0.110. The van der Waals surface area contributed by atoms with Gasteiger partial charge in [0.2, 0.25) is 11.8 Å². The standard InChI is InChI=1S/C14H24N2O3/c1-3-12(16-7-4-5-13(16)17)14(18)15-11-6-8-19-10(2)9-11/h10-12H,3-9H2,1-2H3,(H,15,18)/t10-,11+,12-/m1/s1. The van der Waals surface area contributed by atoms with Gasteiger partial charge in [-0.05, 0) is 32.6 Å². The molecule has 0 aromatic carbocycles. The van der Waals surface area contributed by atoms with Crippen LogP contribution in [-0.2, 0) is 14.3 Å². The minimum Gasteiger partial charge on any atom is -0.378 e. The summed E-state index contributed by atoms with van der Waals surface area (Å²) >= 11 is 0. The molecule has 0 saturated carbocycles. The molecule has 5 heteroatoms. The van der Waals surface area contributed by atoms with Gasteiger partial charge in [0, 0.05) is 25.6 Å². The summed E-state index contributed by atoms with van der Waals surface area (Å²) in [6, 6.07) is -0.115. The first-order chi connectivity index (χ1) is 9.11. The molecule has 2 aliphatic rings. The van der Waals surface area contributed by atoms with Crippen LogP contribution in [0.15, 0.2) is 0 Å². The monoisotopic (exact) mass is 268 g/mol. The minimum absolute atomic E-state index is 0.00292. The van der Waals surface area contributed by atoms with Crippen LogP contribution in [0.5, 0.6) is 0 Å². The summed E-state index contributed by atoms with van der Waals surface area (Å²) in [4.78, 5) is 25.8. The summed E-state index contributed by atoms with van der Waals surface area (Å²) in [5, 5.41) is 3.08. The van der Waals surface area contributed by atoms with Crippen molar-refractivity contribution in [1.29, 1.82) is 0 Å². The molecule has 0 radical (unpaired) electrons. The third kappa shape index (κ3) is 3.47. The molecule has 0 aliphatic carbocycles. The van der Waals surface area contributed by atoms with Crippen molar-refractivity contribution in [2.75, 3.05) is 13.2 Å². The highest BCUT2D eigenvalue weighted by Gasteiger charge is 2.33. The molecule has 0 aromatic heterocycles. The van der Waals surface area contributed by atoms with Crippen molar-refractivity contribution in [3.05, 3.63) is 0 Å². The van der Waals surface area contributed by atoms with E-state index in [2.05, 4.69) is 5.32 Å². The molecule has 108 valence electrons. The van der Waals surface area contributed by atoms with Gasteiger partial charge in [0.05, 0.1) is 6.10 Å². The molecule has 2 heterocycles. The SMILES string of the molecule is CC[C@H](C(=O)N[C@H]1CCO[C@H](C)C1)N1CCCC1=O. The Labute approximate surface area is 114 Å². The maximum atomic E-state index is 12.3. The smallest absolute Gasteiger partial charge is 0.243 e. The van der Waals surface area contributed by atoms with Crippen molar-refractivity contribution < 1.29 is 14.3 Å². The first-order valence-corrected chi connectivity index (χ1v) is 7.33. The summed E-state index contributed by atoms with van der Waals surface area (Å²) in [6.07, 6.45) is 4.05. The van der Waals surface area contributed by atoms with Crippen LogP contribution in [0, 0.1) is 0 Å². The van der Waals surface area contributed by atoms with Gasteiger partial charge < -0.3 is 15.0 Å². The second kappa shape index (κ2) is 6.37. The Morgan fingerprint density at radius 3 is 2.95 bits per heavy atom. The molecular formula is C14H24N2O3. The van der Waals surface area contributed by atoms with Crippen molar-refractivity contribution in [1.82, 2.24) is 10.2 Å². The number of carbonyl (C=O) groups excluding carboxylic acids is 2. The fourth-order valence-electron chi connectivity index (χ4n) is 2.97. The molecule has 1 N–H and O–H groups in total. The molecular weight excluding hydrogens is 244 g/mol. The Morgan fingerprint density at radius 1 is 1.58 bits per heavy atom. The molecule has 2 amide bonds. The van der Waals surface area contributed by atoms with Crippen molar-refractivity contribution in [3.8, 4) is 0 Å². The predicted molar refractivity (Wildman–Crippen MR) is 71.6 cm³/mol. The van der Waals surface area contributed by atoms with Crippen LogP contribution in [0.25, 0.3) is 0 Å². The molecule has 0 aromatic rings. The molecule has 2 fully saturated rings. The van der Waals surface area contributed by atoms with Gasteiger partial charge >= 0.3 is 0 Å². The molecule has 2 aliphatic heterocycles. The van der Waals surface area contributed by atoms with E-state index in [1.54, 1.807) is 4.90 Å². The second-order valence-corrected chi connectivity index (χ2v) is 5.53. The van der Waals surface area contributed by atoms with Crippen LogP contribution >= 0.6 is 0 Å². The van der Waals surface area contributed by atoms with Gasteiger partial charge in [-0.25, -0.2) is 0 Å². The van der Waals surface area contributed by atoms with Crippen LogP contribution in [0.2, 0.25) is 0 Å². The van der Waals surface area contributed by atoms with Crippen molar-refractivity contribution in [2.24, 2.45) is 0 Å². The lowest BCUT2D eigenvalue weighted by Crippen LogP contribution is -2.51. The molecule has 0 bridgehead atoms. The summed E-state index contributed by atoms with van der Waals surface area (Å²) < 4.78 is 5.48. The number of ether oxygens (including phenoxy) is 1. The average Bonchev–Trinajstić information content (AvgIpc) is 2.77. The average molecular weight is 268 g/mol. The number of carbonyl (C=O) groups is 2. The minimum atomic E-state index is -0.298. The quantitative estimate of drug-likeness (QED) is 0.829. The Morgan fingerprint density at radius 2 is 2.37 bits per heavy atom. The van der Waals surface area contributed by atoms with E-state index in [0.29, 0.717) is 19.4 Å². The van der Waals surface area contributed by atoms with Gasteiger partial charge in [-0.1, -0.05) is 6.92 Å². The highest BCUT2D eigenvalue weighted by molar-refractivity contribution is 5.88. The van der Waals surface area contributed by atoms with E-state index in [0.717, 1.165) is 25.8 Å². The van der Waals surface area contributed by atoms with Crippen LogP contribution in [0.4, 0.5) is 0 Å². The maximum Gasteiger partial charge on any atom is 0.243 e. The van der Waals surface area contributed by atoms with Gasteiger partial charge in [-0.2, -0.15) is 0 Å². The summed E-state index contributed by atoms with van der Waals surface area (Å²) in [6.45, 7) is 5.41. The molecule has 2 saturated heterocycles. The molecule has 2 rings (SSSR count). The Balaban J connectivity index is 1.91. The topological polar surface area (TPSA) is 58.6 Å². The van der Waals surface area contributed by atoms with E-state index < -0.39 is 0 Å². The van der Waals surface area contributed by atoms with E-state index >= 15 is 0 Å². The van der Waals surface area contributed by atoms with Crippen molar-refractivity contribution >= 4 is 11.8 Å². The van der Waals surface area contributed by atoms with Gasteiger partial charge in [-0.15, -0.1) is 0 Å². The first kappa shape index (κ1) is 14.3. The lowest BCUT2D eigenvalue weighted by atomic mass is 10.0. The molecule has 5 nitrogen and oxygen atoms in total. The molecule has 0 spiro atoms. The molecule has 3 atom stereocenters. The van der Waals surface area contributed by atoms with Crippen LogP contribution in [0.1, 0.15) is 46.0 Å². The van der Waals surface area contributed by atoms with Crippen molar-refractivity contribution in [3.63, 3.8) is 0 Å². The third-order valence-corrected chi connectivity index (χ3v) is 4.01. The Bertz CT molecular complexity index is 346. The summed E-state index contributed by atoms with van der Waals surface area (Å²) in [5.41, 5.74) is 0.